The number of carbonyl (C=O) groups excluding carboxylic acids is 1. The number of benzene rings is 2. The van der Waals surface area contributed by atoms with E-state index in [-0.39, 0.29) is 11.5 Å². The number of anilines is 1. The molecule has 2 aromatic carbocycles. The normalized spacial score (nSPS) is 12.5. The minimum atomic E-state index is -0.378. The number of aromatic nitrogens is 2. The Kier molecular flexibility index (Phi) is 5.36. The number of hydrazine groups is 1. The molecule has 1 aliphatic rings. The van der Waals surface area contributed by atoms with Crippen LogP contribution in [0, 0.1) is 0 Å². The Bertz CT molecular complexity index is 1360. The molecule has 1 aliphatic carbocycles. The van der Waals surface area contributed by atoms with E-state index in [4.69, 9.17) is 9.72 Å². The second-order valence-electron chi connectivity index (χ2n) is 7.63. The second-order valence-corrected chi connectivity index (χ2v) is 8.71. The van der Waals surface area contributed by atoms with Gasteiger partial charge in [-0.1, -0.05) is 42.5 Å². The average molecular weight is 447 g/mol. The van der Waals surface area contributed by atoms with Crippen LogP contribution in [0.1, 0.15) is 32.8 Å². The summed E-state index contributed by atoms with van der Waals surface area (Å²) in [6.07, 6.45) is 2.97. The molecule has 7 nitrogen and oxygen atoms in total. The number of para-hydroxylation sites is 1. The maximum Gasteiger partial charge on any atom is 0.273 e. The van der Waals surface area contributed by atoms with Crippen LogP contribution in [0.4, 0.5) is 5.95 Å². The first-order valence-electron chi connectivity index (χ1n) is 10.4. The fraction of sp³-hybridized carbons (Fsp3) is 0.208. The fourth-order valence-electron chi connectivity index (χ4n) is 4.10. The van der Waals surface area contributed by atoms with Gasteiger partial charge in [0, 0.05) is 4.88 Å². The van der Waals surface area contributed by atoms with Gasteiger partial charge in [-0.15, -0.1) is 11.3 Å². The summed E-state index contributed by atoms with van der Waals surface area (Å²) in [4.78, 5) is 33.0. The highest BCUT2D eigenvalue weighted by Gasteiger charge is 2.23. The van der Waals surface area contributed by atoms with Gasteiger partial charge in [-0.05, 0) is 42.5 Å². The lowest BCUT2D eigenvalue weighted by Crippen LogP contribution is -2.34. The van der Waals surface area contributed by atoms with E-state index in [9.17, 15) is 9.59 Å². The maximum atomic E-state index is 13.5. The van der Waals surface area contributed by atoms with Gasteiger partial charge in [0.05, 0.1) is 24.6 Å². The maximum absolute atomic E-state index is 13.5. The van der Waals surface area contributed by atoms with Crippen LogP contribution in [0.5, 0.6) is 5.75 Å². The Labute approximate surface area is 188 Å². The molecule has 0 aliphatic heterocycles. The largest absolute Gasteiger partial charge is 0.496 e. The van der Waals surface area contributed by atoms with E-state index < -0.39 is 0 Å². The van der Waals surface area contributed by atoms with Gasteiger partial charge in [0.2, 0.25) is 5.95 Å². The first-order valence-corrected chi connectivity index (χ1v) is 11.3. The Morgan fingerprint density at radius 2 is 1.91 bits per heavy atom. The molecule has 1 amide bonds. The number of rotatable bonds is 6. The lowest BCUT2D eigenvalue weighted by atomic mass is 10.2. The number of carbonyl (C=O) groups is 1. The fourth-order valence-corrected chi connectivity index (χ4v) is 5.35. The third-order valence-corrected chi connectivity index (χ3v) is 6.83. The van der Waals surface area contributed by atoms with Crippen LogP contribution in [0.25, 0.3) is 10.2 Å². The van der Waals surface area contributed by atoms with Gasteiger partial charge in [-0.25, -0.2) is 4.98 Å². The third-order valence-electron chi connectivity index (χ3n) is 5.65. The Balaban J connectivity index is 1.53. The number of hydrogen-bond acceptors (Lipinski definition) is 6. The minimum absolute atomic E-state index is 0.0905. The van der Waals surface area contributed by atoms with E-state index in [2.05, 4.69) is 10.9 Å². The van der Waals surface area contributed by atoms with E-state index in [0.717, 1.165) is 30.4 Å². The van der Waals surface area contributed by atoms with Crippen molar-refractivity contribution in [2.75, 3.05) is 12.5 Å². The molecular weight excluding hydrogens is 424 g/mol. The molecule has 4 aromatic rings. The zero-order valence-electron chi connectivity index (χ0n) is 17.6. The van der Waals surface area contributed by atoms with E-state index in [1.54, 1.807) is 40.2 Å². The molecule has 0 radical (unpaired) electrons. The summed E-state index contributed by atoms with van der Waals surface area (Å²) in [6, 6.07) is 16.7. The number of methoxy groups -OCH3 is 1. The minimum Gasteiger partial charge on any atom is -0.496 e. The molecule has 8 heteroatoms. The topological polar surface area (TPSA) is 85.2 Å². The highest BCUT2D eigenvalue weighted by atomic mass is 32.1. The molecule has 32 heavy (non-hydrogen) atoms. The summed E-state index contributed by atoms with van der Waals surface area (Å²) in [5, 5.41) is 0.708. The summed E-state index contributed by atoms with van der Waals surface area (Å²) in [7, 11) is 1.52. The molecule has 0 fully saturated rings. The van der Waals surface area contributed by atoms with Crippen molar-refractivity contribution < 1.29 is 9.53 Å². The first-order chi connectivity index (χ1) is 15.7. The van der Waals surface area contributed by atoms with E-state index in [0.29, 0.717) is 34.0 Å². The average Bonchev–Trinajstić information content (AvgIpc) is 3.41. The van der Waals surface area contributed by atoms with Gasteiger partial charge >= 0.3 is 0 Å². The van der Waals surface area contributed by atoms with E-state index >= 15 is 0 Å². The van der Waals surface area contributed by atoms with Crippen molar-refractivity contribution in [3.8, 4) is 5.75 Å². The molecule has 0 atom stereocenters. The number of nitrogens with one attached hydrogen (secondary N) is 2. The van der Waals surface area contributed by atoms with Gasteiger partial charge in [0.1, 0.15) is 10.6 Å². The summed E-state index contributed by atoms with van der Waals surface area (Å²) >= 11 is 1.57. The molecule has 5 rings (SSSR count). The number of nitrogens with zero attached hydrogens (tertiary/aromatic N) is 2. The lowest BCUT2D eigenvalue weighted by Gasteiger charge is -2.15. The van der Waals surface area contributed by atoms with Crippen molar-refractivity contribution >= 4 is 33.4 Å². The zero-order valence-corrected chi connectivity index (χ0v) is 18.4. The molecule has 0 spiro atoms. The van der Waals surface area contributed by atoms with Gasteiger partial charge in [-0.3, -0.25) is 25.0 Å². The van der Waals surface area contributed by atoms with Crippen molar-refractivity contribution in [3.05, 3.63) is 86.5 Å². The molecule has 0 bridgehead atoms. The Morgan fingerprint density at radius 1 is 1.12 bits per heavy atom. The Hall–Kier alpha value is -3.65. The monoisotopic (exact) mass is 446 g/mol. The van der Waals surface area contributed by atoms with Crippen LogP contribution in [-0.4, -0.2) is 22.6 Å². The van der Waals surface area contributed by atoms with Crippen LogP contribution >= 0.6 is 11.3 Å². The highest BCUT2D eigenvalue weighted by Crippen LogP contribution is 2.35. The highest BCUT2D eigenvalue weighted by molar-refractivity contribution is 7.18. The standard InChI is InChI=1S/C24H22N4O3S/c1-31-18-12-6-5-10-16(18)21(29)26-27-24-25-22-20(17-11-7-13-19(17)32-22)23(30)28(24)14-15-8-3-2-4-9-15/h2-6,8-10,12H,7,11,13-14H2,1H3,(H,25,27)(H,26,29). The van der Waals surface area contributed by atoms with Crippen molar-refractivity contribution in [1.82, 2.24) is 15.0 Å². The number of fused-ring (bicyclic) bond motifs is 3. The summed E-state index contributed by atoms with van der Waals surface area (Å²) in [5.74, 6) is 0.387. The van der Waals surface area contributed by atoms with Crippen LogP contribution in [0.15, 0.2) is 59.4 Å². The van der Waals surface area contributed by atoms with E-state index in [1.807, 2.05) is 30.3 Å². The lowest BCUT2D eigenvalue weighted by molar-refractivity contribution is 0.0959. The molecule has 2 heterocycles. The van der Waals surface area contributed by atoms with Crippen molar-refractivity contribution in [3.63, 3.8) is 0 Å². The van der Waals surface area contributed by atoms with Crippen LogP contribution in [0.2, 0.25) is 0 Å². The predicted octanol–water partition coefficient (Wildman–Crippen LogP) is 3.76. The van der Waals surface area contributed by atoms with Crippen molar-refractivity contribution in [2.45, 2.75) is 25.8 Å². The third kappa shape index (κ3) is 3.62. The zero-order chi connectivity index (χ0) is 22.1. The molecule has 2 N–H and O–H groups in total. The Morgan fingerprint density at radius 3 is 2.72 bits per heavy atom. The molecule has 0 saturated carbocycles. The number of aryl methyl sites for hydroxylation is 2. The molecular formula is C24H22N4O3S. The SMILES string of the molecule is COc1ccccc1C(=O)NNc1nc2sc3c(c2c(=O)n1Cc1ccccc1)CCC3. The smallest absolute Gasteiger partial charge is 0.273 e. The summed E-state index contributed by atoms with van der Waals surface area (Å²) < 4.78 is 6.86. The van der Waals surface area contributed by atoms with Crippen LogP contribution < -0.4 is 21.1 Å². The molecule has 2 aromatic heterocycles. The van der Waals surface area contributed by atoms with Crippen molar-refractivity contribution in [2.24, 2.45) is 0 Å². The van der Waals surface area contributed by atoms with E-state index in [1.165, 1.54) is 12.0 Å². The molecule has 0 saturated heterocycles. The molecule has 162 valence electrons. The quantitative estimate of drug-likeness (QED) is 0.441. The van der Waals surface area contributed by atoms with Gasteiger partial charge in [0.15, 0.2) is 0 Å². The number of hydrogen-bond donors (Lipinski definition) is 2. The second kappa shape index (κ2) is 8.47. The summed E-state index contributed by atoms with van der Waals surface area (Å²) in [6.45, 7) is 0.347. The van der Waals surface area contributed by atoms with Crippen LogP contribution in [0.3, 0.4) is 0 Å². The van der Waals surface area contributed by atoms with Crippen molar-refractivity contribution in [1.29, 1.82) is 0 Å². The van der Waals surface area contributed by atoms with Gasteiger partial charge in [-0.2, -0.15) is 0 Å². The van der Waals surface area contributed by atoms with Gasteiger partial charge < -0.3 is 4.74 Å². The van der Waals surface area contributed by atoms with Gasteiger partial charge in [0.25, 0.3) is 11.5 Å². The first kappa shape index (κ1) is 20.3. The number of amides is 1. The molecule has 0 unspecified atom stereocenters. The predicted molar refractivity (Wildman–Crippen MR) is 126 cm³/mol. The van der Waals surface area contributed by atoms with Crippen LogP contribution in [-0.2, 0) is 19.4 Å². The summed E-state index contributed by atoms with van der Waals surface area (Å²) in [5.41, 5.74) is 7.96. The number of ether oxygens (including phenoxy) is 1. The number of thiophene rings is 1.